The van der Waals surface area contributed by atoms with Gasteiger partial charge in [0.05, 0.1) is 6.21 Å². The van der Waals surface area contributed by atoms with Crippen LogP contribution in [0.1, 0.15) is 83.6 Å². The van der Waals surface area contributed by atoms with Gasteiger partial charge < -0.3 is 10.6 Å². The van der Waals surface area contributed by atoms with Crippen LogP contribution < -0.4 is 16.1 Å². The molecule has 3 N–H and O–H groups in total. The highest BCUT2D eigenvalue weighted by atomic mass is 32.1. The number of benzene rings is 1. The predicted octanol–water partition coefficient (Wildman–Crippen LogP) is 5.36. The van der Waals surface area contributed by atoms with Crippen molar-refractivity contribution in [1.82, 2.24) is 10.7 Å². The lowest BCUT2D eigenvalue weighted by Gasteiger charge is -2.07. The molecule has 0 unspecified atom stereocenters. The van der Waals surface area contributed by atoms with Crippen LogP contribution in [0.4, 0.5) is 5.69 Å². The highest BCUT2D eigenvalue weighted by Gasteiger charge is 1.96. The second-order valence-electron chi connectivity index (χ2n) is 7.11. The summed E-state index contributed by atoms with van der Waals surface area (Å²) < 4.78 is 0. The maximum absolute atomic E-state index is 11.0. The van der Waals surface area contributed by atoms with Gasteiger partial charge in [0.2, 0.25) is 5.91 Å². The first-order valence-corrected chi connectivity index (χ1v) is 11.0. The minimum absolute atomic E-state index is 0.0816. The molecule has 0 radical (unpaired) electrons. The fraction of sp³-hybridized carbons (Fsp3) is 0.591. The maximum Gasteiger partial charge on any atom is 0.221 e. The molecule has 0 aromatic heterocycles. The van der Waals surface area contributed by atoms with Gasteiger partial charge >= 0.3 is 0 Å². The van der Waals surface area contributed by atoms with Gasteiger partial charge in [0, 0.05) is 19.2 Å². The third-order valence-electron chi connectivity index (χ3n) is 4.43. The number of nitrogens with one attached hydrogen (secondary N) is 3. The van der Waals surface area contributed by atoms with Crippen LogP contribution in [0.3, 0.4) is 0 Å². The van der Waals surface area contributed by atoms with E-state index in [0.29, 0.717) is 5.11 Å². The van der Waals surface area contributed by atoms with Crippen LogP contribution in [0.2, 0.25) is 0 Å². The highest BCUT2D eigenvalue weighted by Crippen LogP contribution is 2.10. The van der Waals surface area contributed by atoms with Gasteiger partial charge in [0.15, 0.2) is 5.11 Å². The Morgan fingerprint density at radius 1 is 0.964 bits per heavy atom. The smallest absolute Gasteiger partial charge is 0.221 e. The van der Waals surface area contributed by atoms with Gasteiger partial charge in [0.1, 0.15) is 0 Å². The number of amides is 1. The summed E-state index contributed by atoms with van der Waals surface area (Å²) in [5.41, 5.74) is 4.53. The molecule has 0 saturated carbocycles. The van der Waals surface area contributed by atoms with E-state index >= 15 is 0 Å². The fourth-order valence-corrected chi connectivity index (χ4v) is 3.03. The van der Waals surface area contributed by atoms with Crippen LogP contribution >= 0.6 is 12.2 Å². The van der Waals surface area contributed by atoms with Gasteiger partial charge in [-0.1, -0.05) is 76.8 Å². The Kier molecular flexibility index (Phi) is 13.8. The van der Waals surface area contributed by atoms with E-state index in [9.17, 15) is 4.79 Å². The summed E-state index contributed by atoms with van der Waals surface area (Å²) in [4.78, 5) is 11.0. The molecule has 1 amide bonds. The molecule has 0 fully saturated rings. The molecule has 6 heteroatoms. The summed E-state index contributed by atoms with van der Waals surface area (Å²) in [6, 6.07) is 7.45. The average molecular weight is 405 g/mol. The molecule has 0 aliphatic rings. The topological polar surface area (TPSA) is 65.5 Å². The zero-order valence-corrected chi connectivity index (χ0v) is 18.2. The molecule has 1 aromatic rings. The van der Waals surface area contributed by atoms with Gasteiger partial charge in [-0.3, -0.25) is 10.2 Å². The summed E-state index contributed by atoms with van der Waals surface area (Å²) in [6.45, 7) is 4.63. The number of nitrogens with zero attached hydrogens (tertiary/aromatic N) is 1. The monoisotopic (exact) mass is 404 g/mol. The van der Waals surface area contributed by atoms with E-state index < -0.39 is 0 Å². The van der Waals surface area contributed by atoms with Crippen LogP contribution in [0, 0.1) is 0 Å². The Hall–Kier alpha value is -1.95. The molecular formula is C22H36N4OS. The standard InChI is InChI=1S/C22H36N4OS/c1-3-4-5-6-7-8-9-10-11-12-17-23-22(28)26-24-18-20-13-15-21(16-14-20)25-19(2)27/h13-16,18H,3-12,17H2,1-2H3,(H,25,27)(H2,23,26,28)/b24-18+. The second kappa shape index (κ2) is 16.0. The Labute approximate surface area is 175 Å². The molecule has 1 rings (SSSR count). The largest absolute Gasteiger partial charge is 0.361 e. The molecule has 0 aliphatic carbocycles. The summed E-state index contributed by atoms with van der Waals surface area (Å²) in [5, 5.41) is 10.6. The molecule has 0 bridgehead atoms. The molecule has 5 nitrogen and oxygen atoms in total. The number of carbonyl (C=O) groups is 1. The van der Waals surface area contributed by atoms with E-state index in [1.807, 2.05) is 24.3 Å². The minimum Gasteiger partial charge on any atom is -0.361 e. The molecule has 0 heterocycles. The molecule has 1 aromatic carbocycles. The van der Waals surface area contributed by atoms with Crippen LogP contribution in [0.15, 0.2) is 29.4 Å². The van der Waals surface area contributed by atoms with Crippen LogP contribution in [-0.2, 0) is 4.79 Å². The van der Waals surface area contributed by atoms with E-state index in [2.05, 4.69) is 28.1 Å². The Bertz CT molecular complexity index is 587. The van der Waals surface area contributed by atoms with Crippen LogP contribution in [0.5, 0.6) is 0 Å². The summed E-state index contributed by atoms with van der Waals surface area (Å²) >= 11 is 5.22. The Morgan fingerprint density at radius 3 is 2.11 bits per heavy atom. The van der Waals surface area contributed by atoms with E-state index in [1.54, 1.807) is 6.21 Å². The second-order valence-corrected chi connectivity index (χ2v) is 7.52. The molecule has 0 saturated heterocycles. The number of unbranched alkanes of at least 4 members (excludes halogenated alkanes) is 9. The van der Waals surface area contributed by atoms with Crippen LogP contribution in [0.25, 0.3) is 0 Å². The highest BCUT2D eigenvalue weighted by molar-refractivity contribution is 7.80. The number of hydrogen-bond acceptors (Lipinski definition) is 3. The number of hydrogen-bond donors (Lipinski definition) is 3. The average Bonchev–Trinajstić information content (AvgIpc) is 2.67. The Balaban J connectivity index is 2.01. The van der Waals surface area contributed by atoms with Crippen LogP contribution in [-0.4, -0.2) is 23.8 Å². The maximum atomic E-state index is 11.0. The van der Waals surface area contributed by atoms with Gasteiger partial charge in [-0.2, -0.15) is 5.10 Å². The number of carbonyl (C=O) groups excluding carboxylic acids is 1. The van der Waals surface area contributed by atoms with Crippen molar-refractivity contribution < 1.29 is 4.79 Å². The zero-order chi connectivity index (χ0) is 20.5. The van der Waals surface area contributed by atoms with E-state index in [4.69, 9.17) is 12.2 Å². The van der Waals surface area contributed by atoms with Crippen molar-refractivity contribution in [1.29, 1.82) is 0 Å². The Morgan fingerprint density at radius 2 is 1.54 bits per heavy atom. The van der Waals surface area contributed by atoms with E-state index in [0.717, 1.165) is 24.2 Å². The van der Waals surface area contributed by atoms with Crippen molar-refractivity contribution in [2.24, 2.45) is 5.10 Å². The van der Waals surface area contributed by atoms with Gasteiger partial charge in [-0.05, 0) is 36.3 Å². The lowest BCUT2D eigenvalue weighted by Crippen LogP contribution is -2.32. The normalized spacial score (nSPS) is 10.8. The third kappa shape index (κ3) is 13.3. The molecule has 156 valence electrons. The van der Waals surface area contributed by atoms with E-state index in [-0.39, 0.29) is 5.91 Å². The predicted molar refractivity (Wildman–Crippen MR) is 124 cm³/mol. The van der Waals surface area contributed by atoms with E-state index in [1.165, 1.54) is 64.7 Å². The minimum atomic E-state index is -0.0816. The van der Waals surface area contributed by atoms with Gasteiger partial charge in [-0.15, -0.1) is 0 Å². The lowest BCUT2D eigenvalue weighted by atomic mass is 10.1. The SMILES string of the molecule is CCCCCCCCCCCCNC(=S)N/N=C/c1ccc(NC(C)=O)cc1. The van der Waals surface area contributed by atoms with Gasteiger partial charge in [0.25, 0.3) is 0 Å². The number of thiocarbonyl (C=S) groups is 1. The summed E-state index contributed by atoms with van der Waals surface area (Å²) in [6.07, 6.45) is 15.0. The molecule has 0 aliphatic heterocycles. The number of hydrazone groups is 1. The molecule has 28 heavy (non-hydrogen) atoms. The summed E-state index contributed by atoms with van der Waals surface area (Å²) in [5.74, 6) is -0.0816. The van der Waals surface area contributed by atoms with Crippen molar-refractivity contribution in [3.63, 3.8) is 0 Å². The first kappa shape index (κ1) is 24.1. The van der Waals surface area contributed by atoms with Crippen molar-refractivity contribution in [2.45, 2.75) is 78.1 Å². The number of rotatable bonds is 14. The molecule has 0 atom stereocenters. The number of anilines is 1. The van der Waals surface area contributed by atoms with Gasteiger partial charge in [-0.25, -0.2) is 0 Å². The first-order valence-electron chi connectivity index (χ1n) is 10.6. The molecular weight excluding hydrogens is 368 g/mol. The quantitative estimate of drug-likeness (QED) is 0.169. The lowest BCUT2D eigenvalue weighted by molar-refractivity contribution is -0.114. The van der Waals surface area contributed by atoms with Crippen molar-refractivity contribution in [3.05, 3.63) is 29.8 Å². The van der Waals surface area contributed by atoms with Crippen molar-refractivity contribution in [3.8, 4) is 0 Å². The third-order valence-corrected chi connectivity index (χ3v) is 4.66. The molecule has 0 spiro atoms. The van der Waals surface area contributed by atoms with Crippen molar-refractivity contribution >= 4 is 35.1 Å². The zero-order valence-electron chi connectivity index (χ0n) is 17.4. The van der Waals surface area contributed by atoms with Crippen molar-refractivity contribution in [2.75, 3.05) is 11.9 Å². The fourth-order valence-electron chi connectivity index (χ4n) is 2.88. The summed E-state index contributed by atoms with van der Waals surface area (Å²) in [7, 11) is 0. The first-order chi connectivity index (χ1) is 13.6.